The minimum atomic E-state index is -0.335. The SMILES string of the molecule is Cc1c(C(=O)N(C)Cc2cnn(-c3ccccc3)c2)nnn1-c1ccc(F)cc1. The third kappa shape index (κ3) is 3.77. The zero-order chi connectivity index (χ0) is 20.4. The lowest BCUT2D eigenvalue weighted by Gasteiger charge is -2.15. The first-order valence-corrected chi connectivity index (χ1v) is 9.05. The lowest BCUT2D eigenvalue weighted by molar-refractivity contribution is 0.0778. The number of benzene rings is 2. The highest BCUT2D eigenvalue weighted by Crippen LogP contribution is 2.15. The van der Waals surface area contributed by atoms with Gasteiger partial charge in [0.2, 0.25) is 0 Å². The van der Waals surface area contributed by atoms with Crippen molar-refractivity contribution < 1.29 is 9.18 Å². The lowest BCUT2D eigenvalue weighted by atomic mass is 10.2. The molecule has 0 saturated heterocycles. The van der Waals surface area contributed by atoms with E-state index in [4.69, 9.17) is 0 Å². The summed E-state index contributed by atoms with van der Waals surface area (Å²) in [5, 5.41) is 12.4. The summed E-state index contributed by atoms with van der Waals surface area (Å²) in [6.07, 6.45) is 3.63. The summed E-state index contributed by atoms with van der Waals surface area (Å²) in [7, 11) is 1.71. The molecule has 0 N–H and O–H groups in total. The van der Waals surface area contributed by atoms with Gasteiger partial charge in [0.1, 0.15) is 5.82 Å². The summed E-state index contributed by atoms with van der Waals surface area (Å²) in [4.78, 5) is 14.4. The van der Waals surface area contributed by atoms with Gasteiger partial charge < -0.3 is 4.90 Å². The van der Waals surface area contributed by atoms with Gasteiger partial charge in [-0.3, -0.25) is 4.79 Å². The van der Waals surface area contributed by atoms with Crippen LogP contribution in [0, 0.1) is 12.7 Å². The Labute approximate surface area is 167 Å². The molecule has 2 heterocycles. The van der Waals surface area contributed by atoms with Gasteiger partial charge in [0.05, 0.1) is 23.3 Å². The second-order valence-corrected chi connectivity index (χ2v) is 6.70. The van der Waals surface area contributed by atoms with Crippen molar-refractivity contribution in [2.24, 2.45) is 0 Å². The first kappa shape index (κ1) is 18.5. The molecule has 0 spiro atoms. The van der Waals surface area contributed by atoms with E-state index in [1.165, 1.54) is 16.8 Å². The number of hydrogen-bond donors (Lipinski definition) is 0. The van der Waals surface area contributed by atoms with Crippen molar-refractivity contribution in [1.29, 1.82) is 0 Å². The third-order valence-corrected chi connectivity index (χ3v) is 4.59. The molecule has 0 radical (unpaired) electrons. The molecule has 0 aliphatic rings. The van der Waals surface area contributed by atoms with E-state index in [0.29, 0.717) is 17.9 Å². The van der Waals surface area contributed by atoms with Crippen LogP contribution in [0.5, 0.6) is 0 Å². The number of para-hydroxylation sites is 1. The highest BCUT2D eigenvalue weighted by Gasteiger charge is 2.21. The number of nitrogens with zero attached hydrogens (tertiary/aromatic N) is 6. The van der Waals surface area contributed by atoms with Gasteiger partial charge >= 0.3 is 0 Å². The molecule has 0 unspecified atom stereocenters. The molecule has 0 bridgehead atoms. The largest absolute Gasteiger partial charge is 0.336 e. The van der Waals surface area contributed by atoms with Crippen LogP contribution in [0.15, 0.2) is 67.0 Å². The average molecular weight is 390 g/mol. The van der Waals surface area contributed by atoms with Gasteiger partial charge in [-0.1, -0.05) is 23.4 Å². The van der Waals surface area contributed by atoms with Gasteiger partial charge in [0.15, 0.2) is 5.69 Å². The molecule has 4 aromatic rings. The number of carbonyl (C=O) groups excluding carboxylic acids is 1. The van der Waals surface area contributed by atoms with Gasteiger partial charge in [-0.25, -0.2) is 13.8 Å². The number of aromatic nitrogens is 5. The van der Waals surface area contributed by atoms with Crippen LogP contribution in [0.1, 0.15) is 21.7 Å². The molecule has 0 aliphatic carbocycles. The predicted molar refractivity (Wildman–Crippen MR) is 105 cm³/mol. The summed E-state index contributed by atoms with van der Waals surface area (Å²) < 4.78 is 16.4. The monoisotopic (exact) mass is 390 g/mol. The van der Waals surface area contributed by atoms with Gasteiger partial charge in [-0.15, -0.1) is 5.10 Å². The molecule has 0 aliphatic heterocycles. The summed E-state index contributed by atoms with van der Waals surface area (Å²) in [5.41, 5.74) is 3.34. The van der Waals surface area contributed by atoms with E-state index >= 15 is 0 Å². The van der Waals surface area contributed by atoms with E-state index in [9.17, 15) is 9.18 Å². The molecule has 0 atom stereocenters. The Morgan fingerprint density at radius 1 is 1.07 bits per heavy atom. The second-order valence-electron chi connectivity index (χ2n) is 6.70. The zero-order valence-corrected chi connectivity index (χ0v) is 16.0. The van der Waals surface area contributed by atoms with Crippen LogP contribution >= 0.6 is 0 Å². The summed E-state index contributed by atoms with van der Waals surface area (Å²) in [5.74, 6) is -0.582. The molecule has 7 nitrogen and oxygen atoms in total. The van der Waals surface area contributed by atoms with E-state index in [-0.39, 0.29) is 17.4 Å². The van der Waals surface area contributed by atoms with Crippen molar-refractivity contribution in [2.45, 2.75) is 13.5 Å². The van der Waals surface area contributed by atoms with Gasteiger partial charge in [0, 0.05) is 25.4 Å². The highest BCUT2D eigenvalue weighted by molar-refractivity contribution is 5.93. The molecule has 4 rings (SSSR count). The van der Waals surface area contributed by atoms with Crippen molar-refractivity contribution in [1.82, 2.24) is 29.7 Å². The quantitative estimate of drug-likeness (QED) is 0.525. The topological polar surface area (TPSA) is 68.8 Å². The number of halogens is 1. The van der Waals surface area contributed by atoms with Crippen molar-refractivity contribution >= 4 is 5.91 Å². The average Bonchev–Trinajstić information content (AvgIpc) is 3.35. The highest BCUT2D eigenvalue weighted by atomic mass is 19.1. The van der Waals surface area contributed by atoms with E-state index in [1.54, 1.807) is 41.9 Å². The maximum Gasteiger partial charge on any atom is 0.276 e. The van der Waals surface area contributed by atoms with Crippen molar-refractivity contribution in [2.75, 3.05) is 7.05 Å². The van der Waals surface area contributed by atoms with Crippen LogP contribution in [0.4, 0.5) is 4.39 Å². The molecule has 1 amide bonds. The lowest BCUT2D eigenvalue weighted by Crippen LogP contribution is -2.27. The van der Waals surface area contributed by atoms with Crippen molar-refractivity contribution in [3.8, 4) is 11.4 Å². The van der Waals surface area contributed by atoms with Crippen LogP contribution in [-0.2, 0) is 6.54 Å². The first-order valence-electron chi connectivity index (χ1n) is 9.05. The van der Waals surface area contributed by atoms with Crippen LogP contribution in [0.2, 0.25) is 0 Å². The smallest absolute Gasteiger partial charge is 0.276 e. The fraction of sp³-hybridized carbons (Fsp3) is 0.143. The molecule has 0 saturated carbocycles. The van der Waals surface area contributed by atoms with Crippen molar-refractivity contribution in [3.05, 3.63) is 89.8 Å². The van der Waals surface area contributed by atoms with E-state index in [0.717, 1.165) is 11.3 Å². The maximum absolute atomic E-state index is 13.1. The summed E-state index contributed by atoms with van der Waals surface area (Å²) in [6, 6.07) is 15.6. The summed E-state index contributed by atoms with van der Waals surface area (Å²) >= 11 is 0. The Hall–Kier alpha value is -3.81. The van der Waals surface area contributed by atoms with Crippen molar-refractivity contribution in [3.63, 3.8) is 0 Å². The van der Waals surface area contributed by atoms with E-state index < -0.39 is 0 Å². The predicted octanol–water partition coefficient (Wildman–Crippen LogP) is 3.17. The molecule has 8 heteroatoms. The Morgan fingerprint density at radius 3 is 2.52 bits per heavy atom. The molecular formula is C21H19FN6O. The minimum Gasteiger partial charge on any atom is -0.336 e. The Kier molecular flexibility index (Phi) is 4.90. The molecule has 2 aromatic carbocycles. The Balaban J connectivity index is 1.50. The molecule has 29 heavy (non-hydrogen) atoms. The fourth-order valence-corrected chi connectivity index (χ4v) is 3.04. The molecule has 0 fully saturated rings. The van der Waals surface area contributed by atoms with Crippen LogP contribution in [0.25, 0.3) is 11.4 Å². The summed E-state index contributed by atoms with van der Waals surface area (Å²) in [6.45, 7) is 2.15. The number of rotatable bonds is 5. The van der Waals surface area contributed by atoms with Gasteiger partial charge in [-0.2, -0.15) is 5.10 Å². The minimum absolute atomic E-state index is 0.247. The maximum atomic E-state index is 13.1. The van der Waals surface area contributed by atoms with Crippen LogP contribution in [-0.4, -0.2) is 42.6 Å². The Bertz CT molecular complexity index is 1130. The van der Waals surface area contributed by atoms with E-state index in [1.807, 2.05) is 36.5 Å². The molecule has 146 valence electrons. The molecule has 2 aromatic heterocycles. The Morgan fingerprint density at radius 2 is 1.79 bits per heavy atom. The molecular weight excluding hydrogens is 371 g/mol. The number of carbonyl (C=O) groups is 1. The normalized spacial score (nSPS) is 10.9. The van der Waals surface area contributed by atoms with Crippen LogP contribution in [0.3, 0.4) is 0 Å². The zero-order valence-electron chi connectivity index (χ0n) is 16.0. The fourth-order valence-electron chi connectivity index (χ4n) is 3.04. The third-order valence-electron chi connectivity index (χ3n) is 4.59. The van der Waals surface area contributed by atoms with Gasteiger partial charge in [0.25, 0.3) is 5.91 Å². The van der Waals surface area contributed by atoms with Crippen LogP contribution < -0.4 is 0 Å². The second kappa shape index (κ2) is 7.67. The number of amides is 1. The standard InChI is InChI=1S/C21H19FN6O/c1-15-20(24-25-28(15)19-10-8-17(22)9-11-19)21(29)26(2)13-16-12-23-27(14-16)18-6-4-3-5-7-18/h3-12,14H,13H2,1-2H3. The first-order chi connectivity index (χ1) is 14.0. The van der Waals surface area contributed by atoms with Gasteiger partial charge in [-0.05, 0) is 43.3 Å². The van der Waals surface area contributed by atoms with E-state index in [2.05, 4.69) is 15.4 Å². The number of hydrogen-bond acceptors (Lipinski definition) is 4.